The molecule has 130 valence electrons. The van der Waals surface area contributed by atoms with Crippen LogP contribution in [0.25, 0.3) is 11.0 Å². The first-order valence-corrected chi connectivity index (χ1v) is 9.52. The van der Waals surface area contributed by atoms with Gasteiger partial charge in [0.2, 0.25) is 0 Å². The molecule has 5 rings (SSSR count). The molecule has 3 fully saturated rings. The Hall–Kier alpha value is -2.01. The second-order valence-corrected chi connectivity index (χ2v) is 7.83. The van der Waals surface area contributed by atoms with Crippen LogP contribution in [0.2, 0.25) is 0 Å². The molecule has 3 atom stereocenters. The van der Waals surface area contributed by atoms with Gasteiger partial charge < -0.3 is 4.90 Å². The Kier molecular flexibility index (Phi) is 3.70. The number of fused-ring (bicyclic) bond motifs is 3. The molecule has 2 heterocycles. The monoisotopic (exact) mass is 336 g/mol. The highest BCUT2D eigenvalue weighted by Crippen LogP contribution is 2.46. The second-order valence-electron chi connectivity index (χ2n) is 7.83. The number of nitrogens with zero attached hydrogens (tertiary/aromatic N) is 4. The predicted octanol–water partition coefficient (Wildman–Crippen LogP) is 2.58. The van der Waals surface area contributed by atoms with Crippen molar-refractivity contribution in [1.29, 1.82) is 0 Å². The van der Waals surface area contributed by atoms with Gasteiger partial charge in [-0.05, 0) is 49.3 Å². The standard InChI is InChI=1S/C20H24N4O/c25-20(16-3-4-17-18(13-16)22-6-5-21-17)24-9-7-23(8-10-24)19-12-14-1-2-15(19)11-14/h3-6,13-15,19H,1-2,7-12H2. The van der Waals surface area contributed by atoms with Crippen LogP contribution in [-0.2, 0) is 0 Å². The summed E-state index contributed by atoms with van der Waals surface area (Å²) in [5.41, 5.74) is 2.34. The van der Waals surface area contributed by atoms with E-state index < -0.39 is 0 Å². The first-order valence-electron chi connectivity index (χ1n) is 9.52. The van der Waals surface area contributed by atoms with Gasteiger partial charge >= 0.3 is 0 Å². The van der Waals surface area contributed by atoms with Gasteiger partial charge in [-0.25, -0.2) is 0 Å². The SMILES string of the molecule is O=C(c1ccc2nccnc2c1)N1CCN(C2CC3CCC2C3)CC1. The Labute approximate surface area is 148 Å². The van der Waals surface area contributed by atoms with E-state index in [0.717, 1.165) is 60.7 Å². The van der Waals surface area contributed by atoms with Crippen molar-refractivity contribution in [3.05, 3.63) is 36.2 Å². The number of rotatable bonds is 2. The van der Waals surface area contributed by atoms with Gasteiger partial charge in [0.25, 0.3) is 5.91 Å². The van der Waals surface area contributed by atoms with Crippen LogP contribution in [0.15, 0.2) is 30.6 Å². The van der Waals surface area contributed by atoms with Crippen molar-refractivity contribution in [2.24, 2.45) is 11.8 Å². The average molecular weight is 336 g/mol. The Morgan fingerprint density at radius 1 is 0.960 bits per heavy atom. The van der Waals surface area contributed by atoms with Crippen LogP contribution in [0.4, 0.5) is 0 Å². The van der Waals surface area contributed by atoms with E-state index in [0.29, 0.717) is 0 Å². The number of carbonyl (C=O) groups excluding carboxylic acids is 1. The number of carbonyl (C=O) groups is 1. The van der Waals surface area contributed by atoms with Gasteiger partial charge in [-0.3, -0.25) is 19.7 Å². The number of hydrogen-bond acceptors (Lipinski definition) is 4. The molecule has 3 aliphatic rings. The molecule has 5 nitrogen and oxygen atoms in total. The third-order valence-corrected chi connectivity index (χ3v) is 6.49. The zero-order valence-electron chi connectivity index (χ0n) is 14.5. The Bertz CT molecular complexity index is 799. The maximum atomic E-state index is 12.9. The van der Waals surface area contributed by atoms with Crippen LogP contribution in [0.1, 0.15) is 36.0 Å². The van der Waals surface area contributed by atoms with Crippen molar-refractivity contribution in [2.45, 2.75) is 31.7 Å². The lowest BCUT2D eigenvalue weighted by molar-refractivity contribution is 0.0496. The molecule has 0 N–H and O–H groups in total. The van der Waals surface area contributed by atoms with Gasteiger partial charge in [0.15, 0.2) is 0 Å². The molecule has 2 bridgehead atoms. The van der Waals surface area contributed by atoms with Crippen LogP contribution in [-0.4, -0.2) is 57.9 Å². The van der Waals surface area contributed by atoms with Crippen LogP contribution in [0.3, 0.4) is 0 Å². The molecule has 1 aromatic heterocycles. The van der Waals surface area contributed by atoms with Crippen LogP contribution in [0, 0.1) is 11.8 Å². The number of amides is 1. The maximum Gasteiger partial charge on any atom is 0.254 e. The minimum atomic E-state index is 0.125. The molecule has 1 aliphatic heterocycles. The van der Waals surface area contributed by atoms with Crippen LogP contribution in [0.5, 0.6) is 0 Å². The lowest BCUT2D eigenvalue weighted by Gasteiger charge is -2.41. The summed E-state index contributed by atoms with van der Waals surface area (Å²) in [6.45, 7) is 3.72. The molecule has 25 heavy (non-hydrogen) atoms. The fourth-order valence-corrected chi connectivity index (χ4v) is 5.19. The number of aromatic nitrogens is 2. The van der Waals surface area contributed by atoms with E-state index in [2.05, 4.69) is 14.9 Å². The lowest BCUT2D eigenvalue weighted by atomic mass is 9.93. The number of hydrogen-bond donors (Lipinski definition) is 0. The van der Waals surface area contributed by atoms with Crippen LogP contribution < -0.4 is 0 Å². The Morgan fingerprint density at radius 2 is 1.76 bits per heavy atom. The second kappa shape index (κ2) is 6.06. The van der Waals surface area contributed by atoms with Gasteiger partial charge in [0.05, 0.1) is 11.0 Å². The van der Waals surface area contributed by atoms with E-state index in [1.54, 1.807) is 12.4 Å². The quantitative estimate of drug-likeness (QED) is 0.846. The largest absolute Gasteiger partial charge is 0.336 e. The number of piperazine rings is 1. The fourth-order valence-electron chi connectivity index (χ4n) is 5.19. The van der Waals surface area contributed by atoms with E-state index in [1.807, 2.05) is 23.1 Å². The van der Waals surface area contributed by atoms with Crippen molar-refractivity contribution in [1.82, 2.24) is 19.8 Å². The summed E-state index contributed by atoms with van der Waals surface area (Å²) in [7, 11) is 0. The van der Waals surface area contributed by atoms with Crippen LogP contribution >= 0.6 is 0 Å². The van der Waals surface area contributed by atoms with E-state index in [1.165, 1.54) is 25.7 Å². The van der Waals surface area contributed by atoms with Crippen molar-refractivity contribution in [3.63, 3.8) is 0 Å². The molecule has 0 spiro atoms. The van der Waals surface area contributed by atoms with Gasteiger partial charge in [0, 0.05) is 50.2 Å². The molecule has 1 aromatic carbocycles. The smallest absolute Gasteiger partial charge is 0.254 e. The molecule has 5 heteroatoms. The molecular weight excluding hydrogens is 312 g/mol. The topological polar surface area (TPSA) is 49.3 Å². The average Bonchev–Trinajstić information content (AvgIpc) is 3.31. The van der Waals surface area contributed by atoms with E-state index in [-0.39, 0.29) is 5.91 Å². The van der Waals surface area contributed by atoms with E-state index in [9.17, 15) is 4.79 Å². The summed E-state index contributed by atoms with van der Waals surface area (Å²) in [4.78, 5) is 26.1. The fraction of sp³-hybridized carbons (Fsp3) is 0.550. The van der Waals surface area contributed by atoms with Crippen molar-refractivity contribution < 1.29 is 4.79 Å². The lowest BCUT2D eigenvalue weighted by Crippen LogP contribution is -2.53. The molecule has 3 unspecified atom stereocenters. The third kappa shape index (κ3) is 2.71. The third-order valence-electron chi connectivity index (χ3n) is 6.49. The van der Waals surface area contributed by atoms with Crippen molar-refractivity contribution in [2.75, 3.05) is 26.2 Å². The number of benzene rings is 1. The normalized spacial score (nSPS) is 29.4. The Balaban J connectivity index is 1.26. The molecule has 1 saturated heterocycles. The van der Waals surface area contributed by atoms with Gasteiger partial charge in [0.1, 0.15) is 0 Å². The van der Waals surface area contributed by atoms with Gasteiger partial charge in [-0.1, -0.05) is 6.42 Å². The summed E-state index contributed by atoms with van der Waals surface area (Å²) < 4.78 is 0. The first kappa shape index (κ1) is 15.3. The summed E-state index contributed by atoms with van der Waals surface area (Å²) in [5, 5.41) is 0. The van der Waals surface area contributed by atoms with E-state index >= 15 is 0 Å². The summed E-state index contributed by atoms with van der Waals surface area (Å²) in [5.74, 6) is 2.03. The summed E-state index contributed by atoms with van der Waals surface area (Å²) in [6.07, 6.45) is 9.06. The molecule has 2 saturated carbocycles. The van der Waals surface area contributed by atoms with E-state index in [4.69, 9.17) is 0 Å². The molecule has 2 aliphatic carbocycles. The summed E-state index contributed by atoms with van der Waals surface area (Å²) in [6, 6.07) is 6.42. The predicted molar refractivity (Wildman–Crippen MR) is 96.3 cm³/mol. The van der Waals surface area contributed by atoms with Gasteiger partial charge in [-0.2, -0.15) is 0 Å². The Morgan fingerprint density at radius 3 is 2.48 bits per heavy atom. The highest BCUT2D eigenvalue weighted by molar-refractivity contribution is 5.97. The highest BCUT2D eigenvalue weighted by Gasteiger charge is 2.42. The van der Waals surface area contributed by atoms with Crippen molar-refractivity contribution in [3.8, 4) is 0 Å². The van der Waals surface area contributed by atoms with Crippen molar-refractivity contribution >= 4 is 16.9 Å². The summed E-state index contributed by atoms with van der Waals surface area (Å²) >= 11 is 0. The van der Waals surface area contributed by atoms with Gasteiger partial charge in [-0.15, -0.1) is 0 Å². The minimum absolute atomic E-state index is 0.125. The maximum absolute atomic E-state index is 12.9. The molecule has 0 radical (unpaired) electrons. The zero-order valence-corrected chi connectivity index (χ0v) is 14.5. The first-order chi connectivity index (χ1) is 12.3. The highest BCUT2D eigenvalue weighted by atomic mass is 16.2. The molecule has 1 amide bonds. The molecule has 2 aromatic rings. The minimum Gasteiger partial charge on any atom is -0.336 e. The zero-order chi connectivity index (χ0) is 16.8. The molecular formula is C20H24N4O.